The first kappa shape index (κ1) is 17.9. The molecule has 1 saturated heterocycles. The van der Waals surface area contributed by atoms with Gasteiger partial charge in [-0.15, -0.1) is 0 Å². The lowest BCUT2D eigenvalue weighted by atomic mass is 9.95. The molecular formula is C17H26N2O3S. The van der Waals surface area contributed by atoms with Crippen molar-refractivity contribution >= 4 is 21.6 Å². The Kier molecular flexibility index (Phi) is 5.16. The van der Waals surface area contributed by atoms with E-state index in [4.69, 9.17) is 0 Å². The Morgan fingerprint density at radius 3 is 2.35 bits per heavy atom. The molecule has 0 spiro atoms. The highest BCUT2D eigenvalue weighted by molar-refractivity contribution is 7.89. The third-order valence-electron chi connectivity index (χ3n) is 4.05. The molecule has 2 rings (SSSR count). The maximum absolute atomic E-state index is 12.7. The van der Waals surface area contributed by atoms with E-state index in [1.165, 1.54) is 0 Å². The first-order valence-electron chi connectivity index (χ1n) is 8.02. The predicted octanol–water partition coefficient (Wildman–Crippen LogP) is 3.09. The maximum Gasteiger partial charge on any atom is 0.243 e. The number of anilines is 1. The Morgan fingerprint density at radius 1 is 1.22 bits per heavy atom. The number of nitrogens with one attached hydrogen (secondary N) is 1. The molecule has 1 aromatic rings. The van der Waals surface area contributed by atoms with Gasteiger partial charge in [0.25, 0.3) is 0 Å². The lowest BCUT2D eigenvalue weighted by Gasteiger charge is -2.30. The van der Waals surface area contributed by atoms with Crippen molar-refractivity contribution in [3.05, 3.63) is 24.3 Å². The first-order chi connectivity index (χ1) is 10.6. The minimum Gasteiger partial charge on any atom is -0.326 e. The molecule has 0 aliphatic carbocycles. The van der Waals surface area contributed by atoms with E-state index in [0.29, 0.717) is 24.7 Å². The second-order valence-corrected chi connectivity index (χ2v) is 9.28. The van der Waals surface area contributed by atoms with Crippen LogP contribution in [0.2, 0.25) is 0 Å². The smallest absolute Gasteiger partial charge is 0.243 e. The van der Waals surface area contributed by atoms with Crippen LogP contribution in [-0.4, -0.2) is 31.7 Å². The summed E-state index contributed by atoms with van der Waals surface area (Å²) in [5.74, 6) is 0.293. The second-order valence-electron chi connectivity index (χ2n) is 7.34. The van der Waals surface area contributed by atoms with Crippen molar-refractivity contribution in [2.75, 3.05) is 18.4 Å². The molecule has 0 unspecified atom stereocenters. The van der Waals surface area contributed by atoms with Gasteiger partial charge in [-0.05, 0) is 43.0 Å². The highest BCUT2D eigenvalue weighted by atomic mass is 32.2. The molecule has 1 aliphatic heterocycles. The number of piperidine rings is 1. The molecule has 1 aromatic carbocycles. The molecular weight excluding hydrogens is 312 g/mol. The summed E-state index contributed by atoms with van der Waals surface area (Å²) in [6.07, 6.45) is 1.98. The van der Waals surface area contributed by atoms with E-state index in [0.717, 1.165) is 12.8 Å². The van der Waals surface area contributed by atoms with Crippen molar-refractivity contribution in [3.8, 4) is 0 Å². The summed E-state index contributed by atoms with van der Waals surface area (Å²) < 4.78 is 26.9. The summed E-state index contributed by atoms with van der Waals surface area (Å²) in [5, 5.41) is 2.80. The van der Waals surface area contributed by atoms with Crippen LogP contribution in [0.4, 0.5) is 5.69 Å². The van der Waals surface area contributed by atoms with Gasteiger partial charge >= 0.3 is 0 Å². The number of hydrogen-bond acceptors (Lipinski definition) is 3. The van der Waals surface area contributed by atoms with Crippen LogP contribution < -0.4 is 5.32 Å². The van der Waals surface area contributed by atoms with Gasteiger partial charge < -0.3 is 5.32 Å². The number of carbonyl (C=O) groups excluding carboxylic acids is 1. The van der Waals surface area contributed by atoms with Gasteiger partial charge in [-0.2, -0.15) is 4.31 Å². The number of amides is 1. The van der Waals surface area contributed by atoms with E-state index >= 15 is 0 Å². The molecule has 128 valence electrons. The summed E-state index contributed by atoms with van der Waals surface area (Å²) >= 11 is 0. The summed E-state index contributed by atoms with van der Waals surface area (Å²) in [6.45, 7) is 8.73. The van der Waals surface area contributed by atoms with Crippen LogP contribution in [0, 0.1) is 11.3 Å². The quantitative estimate of drug-likeness (QED) is 0.921. The van der Waals surface area contributed by atoms with Crippen molar-refractivity contribution in [1.82, 2.24) is 4.31 Å². The fourth-order valence-electron chi connectivity index (χ4n) is 2.54. The van der Waals surface area contributed by atoms with Crippen LogP contribution in [0.15, 0.2) is 29.2 Å². The number of hydrogen-bond donors (Lipinski definition) is 1. The molecule has 1 aliphatic rings. The Hall–Kier alpha value is -1.40. The molecule has 1 heterocycles. The number of rotatable bonds is 3. The van der Waals surface area contributed by atoms with E-state index in [-0.39, 0.29) is 10.8 Å². The summed E-state index contributed by atoms with van der Waals surface area (Å²) in [4.78, 5) is 12.2. The zero-order valence-electron chi connectivity index (χ0n) is 14.3. The predicted molar refractivity (Wildman–Crippen MR) is 91.7 cm³/mol. The van der Waals surface area contributed by atoms with E-state index in [9.17, 15) is 13.2 Å². The van der Waals surface area contributed by atoms with Crippen LogP contribution >= 0.6 is 0 Å². The molecule has 1 fully saturated rings. The summed E-state index contributed by atoms with van der Waals surface area (Å²) in [6, 6.07) is 6.41. The number of carbonyl (C=O) groups is 1. The number of sulfonamides is 1. The van der Waals surface area contributed by atoms with Crippen LogP contribution in [0.5, 0.6) is 0 Å². The van der Waals surface area contributed by atoms with E-state index in [1.807, 2.05) is 20.8 Å². The molecule has 6 heteroatoms. The molecule has 1 N–H and O–H groups in total. The Morgan fingerprint density at radius 2 is 1.83 bits per heavy atom. The molecule has 5 nitrogen and oxygen atoms in total. The van der Waals surface area contributed by atoms with E-state index in [1.54, 1.807) is 28.6 Å². The molecule has 0 aromatic heterocycles. The van der Waals surface area contributed by atoms with Gasteiger partial charge in [0, 0.05) is 24.2 Å². The molecule has 1 amide bonds. The molecule has 1 atom stereocenters. The lowest BCUT2D eigenvalue weighted by molar-refractivity contribution is -0.123. The van der Waals surface area contributed by atoms with Crippen molar-refractivity contribution < 1.29 is 13.2 Å². The molecule has 0 bridgehead atoms. The fourth-order valence-corrected chi connectivity index (χ4v) is 4.14. The normalized spacial score (nSPS) is 20.3. The maximum atomic E-state index is 12.7. The highest BCUT2D eigenvalue weighted by Gasteiger charge is 2.28. The fraction of sp³-hybridized carbons (Fsp3) is 0.588. The van der Waals surface area contributed by atoms with Gasteiger partial charge in [0.2, 0.25) is 15.9 Å². The van der Waals surface area contributed by atoms with Crippen molar-refractivity contribution in [2.45, 2.75) is 45.4 Å². The topological polar surface area (TPSA) is 66.5 Å². The largest absolute Gasteiger partial charge is 0.326 e. The van der Waals surface area contributed by atoms with Crippen LogP contribution in [0.3, 0.4) is 0 Å². The minimum absolute atomic E-state index is 0.0991. The zero-order chi connectivity index (χ0) is 17.3. The van der Waals surface area contributed by atoms with Gasteiger partial charge in [-0.1, -0.05) is 27.7 Å². The number of benzene rings is 1. The third-order valence-corrected chi connectivity index (χ3v) is 5.93. The average Bonchev–Trinajstić information content (AvgIpc) is 2.47. The third kappa shape index (κ3) is 4.32. The average molecular weight is 338 g/mol. The van der Waals surface area contributed by atoms with Gasteiger partial charge in [0.1, 0.15) is 0 Å². The summed E-state index contributed by atoms with van der Waals surface area (Å²) in [7, 11) is -3.45. The Labute approximate surface area is 139 Å². The molecule has 0 saturated carbocycles. The standard InChI is InChI=1S/C17H26N2O3S/c1-13-6-5-11-19(12-13)23(21,22)15-9-7-14(8-10-15)18-16(20)17(2,3)4/h7-10,13H,5-6,11-12H2,1-4H3,(H,18,20)/t13-/m1/s1. The summed E-state index contributed by atoms with van der Waals surface area (Å²) in [5.41, 5.74) is 0.116. The minimum atomic E-state index is -3.45. The lowest BCUT2D eigenvalue weighted by Crippen LogP contribution is -2.39. The van der Waals surface area contributed by atoms with Crippen molar-refractivity contribution in [1.29, 1.82) is 0 Å². The van der Waals surface area contributed by atoms with Gasteiger partial charge in [-0.3, -0.25) is 4.79 Å². The van der Waals surface area contributed by atoms with E-state index in [2.05, 4.69) is 12.2 Å². The van der Waals surface area contributed by atoms with Crippen LogP contribution in [0.25, 0.3) is 0 Å². The zero-order valence-corrected chi connectivity index (χ0v) is 15.1. The SMILES string of the molecule is C[C@@H]1CCCN(S(=O)(=O)c2ccc(NC(=O)C(C)(C)C)cc2)C1. The van der Waals surface area contributed by atoms with Crippen molar-refractivity contribution in [3.63, 3.8) is 0 Å². The van der Waals surface area contributed by atoms with E-state index < -0.39 is 15.4 Å². The highest BCUT2D eigenvalue weighted by Crippen LogP contribution is 2.25. The van der Waals surface area contributed by atoms with Gasteiger partial charge in [-0.25, -0.2) is 8.42 Å². The van der Waals surface area contributed by atoms with Gasteiger partial charge in [0.15, 0.2) is 0 Å². The Bertz CT molecular complexity index is 660. The van der Waals surface area contributed by atoms with Gasteiger partial charge in [0.05, 0.1) is 4.90 Å². The Balaban J connectivity index is 2.14. The number of nitrogens with zero attached hydrogens (tertiary/aromatic N) is 1. The molecule has 23 heavy (non-hydrogen) atoms. The van der Waals surface area contributed by atoms with Crippen molar-refractivity contribution in [2.24, 2.45) is 11.3 Å². The van der Waals surface area contributed by atoms with Crippen LogP contribution in [0.1, 0.15) is 40.5 Å². The monoisotopic (exact) mass is 338 g/mol. The molecule has 0 radical (unpaired) electrons. The van der Waals surface area contributed by atoms with Crippen LogP contribution in [-0.2, 0) is 14.8 Å². The first-order valence-corrected chi connectivity index (χ1v) is 9.46. The second kappa shape index (κ2) is 6.61.